The summed E-state index contributed by atoms with van der Waals surface area (Å²) in [4.78, 5) is 0. The van der Waals surface area contributed by atoms with E-state index in [4.69, 9.17) is 16.1 Å². The van der Waals surface area contributed by atoms with Crippen LogP contribution in [0.2, 0.25) is 0 Å². The van der Waals surface area contributed by atoms with Crippen LogP contribution in [0, 0.1) is 4.77 Å². The van der Waals surface area contributed by atoms with E-state index in [1.54, 1.807) is 0 Å². The lowest BCUT2D eigenvalue weighted by molar-refractivity contribution is 0.0866. The fraction of sp³-hybridized carbons (Fsp3) is 0.500. The molecule has 5 N–H and O–H groups in total. The van der Waals surface area contributed by atoms with E-state index < -0.39 is 12.7 Å². The van der Waals surface area contributed by atoms with E-state index in [0.717, 1.165) is 4.68 Å². The summed E-state index contributed by atoms with van der Waals surface area (Å²) in [6.45, 7) is -0.434. The first-order valence-electron chi connectivity index (χ1n) is 2.88. The number of rotatable bonds is 2. The Balaban J connectivity index is 3.04. The monoisotopic (exact) mass is 176 g/mol. The number of nitrogens with two attached hydrogens (primary N) is 1. The fourth-order valence-corrected chi connectivity index (χ4v) is 0.773. The molecular weight excluding hydrogens is 168 g/mol. The summed E-state index contributed by atoms with van der Waals surface area (Å²) in [5.74, 6) is 5.45. The van der Waals surface area contributed by atoms with Crippen LogP contribution < -0.4 is 5.84 Å². The van der Waals surface area contributed by atoms with Crippen LogP contribution in [-0.2, 0) is 0 Å². The van der Waals surface area contributed by atoms with Gasteiger partial charge in [-0.05, 0) is 12.2 Å². The third kappa shape index (κ3) is 1.39. The zero-order valence-electron chi connectivity index (χ0n) is 5.56. The SMILES string of the molecule is Nn1c(C(O)CO)n[nH]c1=S. The molecule has 0 saturated heterocycles. The van der Waals surface area contributed by atoms with Crippen LogP contribution in [0.15, 0.2) is 0 Å². The first-order valence-corrected chi connectivity index (χ1v) is 3.29. The van der Waals surface area contributed by atoms with Crippen LogP contribution >= 0.6 is 12.2 Å². The summed E-state index contributed by atoms with van der Waals surface area (Å²) in [6, 6.07) is 0. The van der Waals surface area contributed by atoms with Crippen molar-refractivity contribution < 1.29 is 10.2 Å². The zero-order chi connectivity index (χ0) is 8.43. The van der Waals surface area contributed by atoms with Crippen molar-refractivity contribution in [3.8, 4) is 0 Å². The predicted octanol–water partition coefficient (Wildman–Crippen LogP) is -1.32. The number of nitrogens with one attached hydrogen (secondary N) is 1. The topological polar surface area (TPSA) is 100 Å². The normalized spacial score (nSPS) is 13.3. The Morgan fingerprint density at radius 1 is 1.82 bits per heavy atom. The number of aromatic amines is 1. The van der Waals surface area contributed by atoms with Gasteiger partial charge in [-0.2, -0.15) is 5.10 Å². The Morgan fingerprint density at radius 3 is 2.82 bits per heavy atom. The Hall–Kier alpha value is -0.920. The maximum absolute atomic E-state index is 9.04. The van der Waals surface area contributed by atoms with E-state index in [1.165, 1.54) is 0 Å². The number of H-pyrrole nitrogens is 1. The van der Waals surface area contributed by atoms with Crippen molar-refractivity contribution in [2.75, 3.05) is 12.4 Å². The largest absolute Gasteiger partial charge is 0.393 e. The number of aromatic nitrogens is 3. The highest BCUT2D eigenvalue weighted by molar-refractivity contribution is 7.71. The van der Waals surface area contributed by atoms with Crippen molar-refractivity contribution in [3.63, 3.8) is 0 Å². The van der Waals surface area contributed by atoms with Crippen LogP contribution in [0.1, 0.15) is 11.9 Å². The van der Waals surface area contributed by atoms with Gasteiger partial charge in [0.05, 0.1) is 6.61 Å². The Labute approximate surface area is 67.2 Å². The fourth-order valence-electron chi connectivity index (χ4n) is 0.634. The highest BCUT2D eigenvalue weighted by atomic mass is 32.1. The maximum Gasteiger partial charge on any atom is 0.214 e. The summed E-state index contributed by atoms with van der Waals surface area (Å²) >= 11 is 4.67. The van der Waals surface area contributed by atoms with Gasteiger partial charge < -0.3 is 16.1 Å². The van der Waals surface area contributed by atoms with Gasteiger partial charge in [0.2, 0.25) is 4.77 Å². The minimum absolute atomic E-state index is 0.123. The summed E-state index contributed by atoms with van der Waals surface area (Å²) < 4.78 is 1.21. The second-order valence-electron chi connectivity index (χ2n) is 1.96. The average molecular weight is 176 g/mol. The van der Waals surface area contributed by atoms with Gasteiger partial charge in [-0.1, -0.05) is 0 Å². The predicted molar refractivity (Wildman–Crippen MR) is 39.6 cm³/mol. The molecule has 0 aliphatic rings. The smallest absolute Gasteiger partial charge is 0.214 e. The second kappa shape index (κ2) is 2.99. The first kappa shape index (κ1) is 8.18. The van der Waals surface area contributed by atoms with Gasteiger partial charge in [0.15, 0.2) is 5.82 Å². The van der Waals surface area contributed by atoms with Gasteiger partial charge in [-0.15, -0.1) is 0 Å². The molecule has 0 fully saturated rings. The number of hydrogen-bond donors (Lipinski definition) is 4. The summed E-state index contributed by atoms with van der Waals surface area (Å²) in [5, 5.41) is 23.5. The molecule has 0 aromatic carbocycles. The molecule has 1 heterocycles. The van der Waals surface area contributed by atoms with Crippen molar-refractivity contribution in [3.05, 3.63) is 10.6 Å². The molecular formula is C4H8N4O2S. The zero-order valence-corrected chi connectivity index (χ0v) is 6.38. The summed E-state index contributed by atoms with van der Waals surface area (Å²) in [5.41, 5.74) is 0. The van der Waals surface area contributed by atoms with E-state index in [-0.39, 0.29) is 10.6 Å². The number of nitrogens with zero attached hydrogens (tertiary/aromatic N) is 2. The second-order valence-corrected chi connectivity index (χ2v) is 2.34. The maximum atomic E-state index is 9.04. The summed E-state index contributed by atoms with van der Waals surface area (Å²) in [6.07, 6.45) is -1.09. The third-order valence-electron chi connectivity index (χ3n) is 1.20. The van der Waals surface area contributed by atoms with Crippen LogP contribution in [0.5, 0.6) is 0 Å². The molecule has 0 radical (unpaired) electrons. The molecule has 6 nitrogen and oxygen atoms in total. The number of nitrogen functional groups attached to an aromatic ring is 1. The standard InChI is InChI=1S/C4H8N4O2S/c5-8-3(2(10)1-9)6-7-4(8)11/h2,9-10H,1,5H2,(H,7,11). The number of aliphatic hydroxyl groups excluding tert-OH is 2. The molecule has 0 aliphatic heterocycles. The molecule has 1 atom stereocenters. The molecule has 0 aliphatic carbocycles. The van der Waals surface area contributed by atoms with Gasteiger partial charge in [-0.25, -0.2) is 4.68 Å². The van der Waals surface area contributed by atoms with E-state index >= 15 is 0 Å². The molecule has 1 rings (SSSR count). The molecule has 1 aromatic heterocycles. The third-order valence-corrected chi connectivity index (χ3v) is 1.49. The molecule has 0 bridgehead atoms. The van der Waals surface area contributed by atoms with E-state index in [2.05, 4.69) is 22.4 Å². The lowest BCUT2D eigenvalue weighted by Gasteiger charge is -2.03. The van der Waals surface area contributed by atoms with Crippen molar-refractivity contribution in [1.29, 1.82) is 0 Å². The Bertz CT molecular complexity index is 293. The van der Waals surface area contributed by atoms with E-state index in [1.807, 2.05) is 0 Å². The lowest BCUT2D eigenvalue weighted by Crippen LogP contribution is -2.17. The van der Waals surface area contributed by atoms with Crippen molar-refractivity contribution in [2.45, 2.75) is 6.10 Å². The van der Waals surface area contributed by atoms with Gasteiger partial charge >= 0.3 is 0 Å². The van der Waals surface area contributed by atoms with Crippen LogP contribution in [0.3, 0.4) is 0 Å². The summed E-state index contributed by atoms with van der Waals surface area (Å²) in [7, 11) is 0. The van der Waals surface area contributed by atoms with Gasteiger partial charge in [-0.3, -0.25) is 5.10 Å². The quantitative estimate of drug-likeness (QED) is 0.331. The number of hydrogen-bond acceptors (Lipinski definition) is 5. The average Bonchev–Trinajstić information content (AvgIpc) is 2.32. The molecule has 11 heavy (non-hydrogen) atoms. The highest BCUT2D eigenvalue weighted by Crippen LogP contribution is 2.05. The first-order chi connectivity index (χ1) is 5.16. The van der Waals surface area contributed by atoms with E-state index in [0.29, 0.717) is 0 Å². The van der Waals surface area contributed by atoms with E-state index in [9.17, 15) is 0 Å². The Kier molecular flexibility index (Phi) is 2.22. The van der Waals surface area contributed by atoms with Crippen molar-refractivity contribution >= 4 is 12.2 Å². The van der Waals surface area contributed by atoms with Crippen LogP contribution in [0.25, 0.3) is 0 Å². The molecule has 0 saturated carbocycles. The van der Waals surface area contributed by atoms with Gasteiger partial charge in [0.25, 0.3) is 0 Å². The molecule has 1 unspecified atom stereocenters. The lowest BCUT2D eigenvalue weighted by atomic mass is 10.4. The molecule has 7 heteroatoms. The van der Waals surface area contributed by atoms with Crippen molar-refractivity contribution in [2.24, 2.45) is 0 Å². The Morgan fingerprint density at radius 2 is 2.45 bits per heavy atom. The molecule has 1 aromatic rings. The highest BCUT2D eigenvalue weighted by Gasteiger charge is 2.12. The molecule has 0 spiro atoms. The van der Waals surface area contributed by atoms with Crippen LogP contribution in [-0.4, -0.2) is 31.7 Å². The minimum atomic E-state index is -1.09. The molecule has 62 valence electrons. The minimum Gasteiger partial charge on any atom is -0.393 e. The van der Waals surface area contributed by atoms with Gasteiger partial charge in [0, 0.05) is 0 Å². The van der Waals surface area contributed by atoms with Crippen LogP contribution in [0.4, 0.5) is 0 Å². The van der Waals surface area contributed by atoms with Gasteiger partial charge in [0.1, 0.15) is 6.10 Å². The van der Waals surface area contributed by atoms with Crippen molar-refractivity contribution in [1.82, 2.24) is 14.9 Å². The molecule has 0 amide bonds. The number of aliphatic hydroxyl groups is 2.